The number of rotatable bonds is 5. The normalized spacial score (nSPS) is 11.2. The quantitative estimate of drug-likeness (QED) is 0.905. The highest BCUT2D eigenvalue weighted by molar-refractivity contribution is 6.04. The highest BCUT2D eigenvalue weighted by Gasteiger charge is 2.24. The molecule has 0 fully saturated rings. The van der Waals surface area contributed by atoms with E-state index in [1.54, 1.807) is 37.4 Å². The third-order valence-electron chi connectivity index (χ3n) is 3.36. The number of nitrogens with zero attached hydrogens (tertiary/aromatic N) is 2. The first kappa shape index (κ1) is 17.5. The summed E-state index contributed by atoms with van der Waals surface area (Å²) in [4.78, 5) is 24.4. The highest BCUT2D eigenvalue weighted by atomic mass is 16.5. The number of ether oxygens (including phenoxy) is 1. The first-order valence-electron chi connectivity index (χ1n) is 7.38. The molecule has 7 heteroatoms. The Bertz CT molecular complexity index is 728. The summed E-state index contributed by atoms with van der Waals surface area (Å²) in [6, 6.07) is 8.18. The number of carbonyl (C=O) groups excluding carboxylic acids is 1. The van der Waals surface area contributed by atoms with Gasteiger partial charge in [0.15, 0.2) is 12.3 Å². The first-order chi connectivity index (χ1) is 11.2. The minimum atomic E-state index is -1.05. The fraction of sp³-hybridized carbons (Fsp3) is 0.353. The summed E-state index contributed by atoms with van der Waals surface area (Å²) in [6.45, 7) is 5.51. The number of hydrogen-bond donors (Lipinski definition) is 1. The Morgan fingerprint density at radius 2 is 1.88 bits per heavy atom. The molecule has 0 bridgehead atoms. The van der Waals surface area contributed by atoms with Crippen LogP contribution in [0.5, 0.6) is 5.75 Å². The second kappa shape index (κ2) is 6.74. The predicted octanol–water partition coefficient (Wildman–Crippen LogP) is 2.71. The van der Waals surface area contributed by atoms with E-state index in [9.17, 15) is 9.59 Å². The maximum absolute atomic E-state index is 12.5. The summed E-state index contributed by atoms with van der Waals surface area (Å²) in [7, 11) is 1.63. The molecule has 0 aliphatic heterocycles. The van der Waals surface area contributed by atoms with E-state index in [0.717, 1.165) is 0 Å². The van der Waals surface area contributed by atoms with Crippen LogP contribution in [0.1, 0.15) is 37.0 Å². The zero-order valence-electron chi connectivity index (χ0n) is 14.1. The van der Waals surface area contributed by atoms with Gasteiger partial charge in [-0.15, -0.1) is 0 Å². The maximum atomic E-state index is 12.5. The molecule has 128 valence electrons. The number of aromatic nitrogens is 1. The van der Waals surface area contributed by atoms with E-state index in [1.807, 2.05) is 20.8 Å². The third-order valence-corrected chi connectivity index (χ3v) is 3.36. The number of hydrogen-bond acceptors (Lipinski definition) is 5. The molecule has 1 amide bonds. The smallest absolute Gasteiger partial charge is 0.341 e. The molecule has 1 heterocycles. The van der Waals surface area contributed by atoms with Crippen LogP contribution >= 0.6 is 0 Å². The van der Waals surface area contributed by atoms with Crippen LogP contribution in [-0.4, -0.2) is 35.8 Å². The molecule has 7 nitrogen and oxygen atoms in total. The topological polar surface area (TPSA) is 92.9 Å². The van der Waals surface area contributed by atoms with Crippen molar-refractivity contribution in [2.45, 2.75) is 26.2 Å². The van der Waals surface area contributed by atoms with Crippen molar-refractivity contribution in [3.8, 4) is 5.75 Å². The molecule has 2 aromatic rings. The molecule has 0 aliphatic carbocycles. The number of benzene rings is 1. The molecule has 0 saturated carbocycles. The Hall–Kier alpha value is -2.83. The van der Waals surface area contributed by atoms with E-state index in [2.05, 4.69) is 5.16 Å². The molecule has 2 rings (SSSR count). The summed E-state index contributed by atoms with van der Waals surface area (Å²) in [5, 5.41) is 12.4. The van der Waals surface area contributed by atoms with Gasteiger partial charge in [0.05, 0.1) is 0 Å². The van der Waals surface area contributed by atoms with Gasteiger partial charge < -0.3 is 19.3 Å². The molecule has 0 aliphatic rings. The number of aliphatic carboxylic acids is 1. The van der Waals surface area contributed by atoms with Crippen LogP contribution in [-0.2, 0) is 10.2 Å². The van der Waals surface area contributed by atoms with Crippen molar-refractivity contribution in [3.05, 3.63) is 41.8 Å². The standard InChI is InChI=1S/C17H20N2O5/c1-17(2,3)14-9-13(18-24-14)16(22)19(4)11-5-7-12(8-6-11)23-10-15(20)21/h5-9H,10H2,1-4H3,(H,20,21). The van der Waals surface area contributed by atoms with Crippen LogP contribution in [0, 0.1) is 0 Å². The number of anilines is 1. The lowest BCUT2D eigenvalue weighted by molar-refractivity contribution is -0.139. The monoisotopic (exact) mass is 332 g/mol. The van der Waals surface area contributed by atoms with Crippen molar-refractivity contribution in [3.63, 3.8) is 0 Å². The van der Waals surface area contributed by atoms with Gasteiger partial charge >= 0.3 is 5.97 Å². The molecule has 0 spiro atoms. The van der Waals surface area contributed by atoms with E-state index in [0.29, 0.717) is 17.2 Å². The summed E-state index contributed by atoms with van der Waals surface area (Å²) in [6.07, 6.45) is 0. The summed E-state index contributed by atoms with van der Waals surface area (Å²) >= 11 is 0. The summed E-state index contributed by atoms with van der Waals surface area (Å²) in [5.41, 5.74) is 0.629. The summed E-state index contributed by atoms with van der Waals surface area (Å²) < 4.78 is 10.3. The largest absolute Gasteiger partial charge is 0.482 e. The van der Waals surface area contributed by atoms with Crippen LogP contribution in [0.25, 0.3) is 0 Å². The van der Waals surface area contributed by atoms with Crippen molar-refractivity contribution in [1.29, 1.82) is 0 Å². The zero-order valence-corrected chi connectivity index (χ0v) is 14.1. The van der Waals surface area contributed by atoms with Gasteiger partial charge in [-0.2, -0.15) is 0 Å². The first-order valence-corrected chi connectivity index (χ1v) is 7.38. The van der Waals surface area contributed by atoms with E-state index in [1.165, 1.54) is 4.90 Å². The lowest BCUT2D eigenvalue weighted by Gasteiger charge is -2.16. The molecule has 0 saturated heterocycles. The summed E-state index contributed by atoms with van der Waals surface area (Å²) in [5.74, 6) is -0.296. The molecule has 1 aromatic carbocycles. The van der Waals surface area contributed by atoms with Crippen molar-refractivity contribution >= 4 is 17.6 Å². The molecule has 0 atom stereocenters. The second-order valence-electron chi connectivity index (χ2n) is 6.37. The van der Waals surface area contributed by atoms with Gasteiger partial charge in [0, 0.05) is 24.2 Å². The lowest BCUT2D eigenvalue weighted by atomic mass is 9.93. The van der Waals surface area contributed by atoms with Gasteiger partial charge in [0.1, 0.15) is 11.5 Å². The predicted molar refractivity (Wildman–Crippen MR) is 87.5 cm³/mol. The van der Waals surface area contributed by atoms with Crippen LogP contribution in [0.2, 0.25) is 0 Å². The van der Waals surface area contributed by atoms with E-state index < -0.39 is 12.6 Å². The Labute approximate surface area is 139 Å². The molecule has 24 heavy (non-hydrogen) atoms. The van der Waals surface area contributed by atoms with E-state index >= 15 is 0 Å². The van der Waals surface area contributed by atoms with Gasteiger partial charge in [-0.05, 0) is 24.3 Å². The van der Waals surface area contributed by atoms with Gasteiger partial charge in [0.2, 0.25) is 0 Å². The van der Waals surface area contributed by atoms with Crippen LogP contribution in [0.4, 0.5) is 5.69 Å². The van der Waals surface area contributed by atoms with Crippen LogP contribution < -0.4 is 9.64 Å². The Balaban J connectivity index is 2.10. The van der Waals surface area contributed by atoms with Gasteiger partial charge in [-0.25, -0.2) is 4.79 Å². The number of carbonyl (C=O) groups is 2. The number of amides is 1. The van der Waals surface area contributed by atoms with Crippen molar-refractivity contribution < 1.29 is 24.0 Å². The van der Waals surface area contributed by atoms with Gasteiger partial charge in [-0.3, -0.25) is 4.79 Å². The molecule has 0 radical (unpaired) electrons. The second-order valence-corrected chi connectivity index (χ2v) is 6.37. The molecule has 1 N–H and O–H groups in total. The van der Waals surface area contributed by atoms with Crippen molar-refractivity contribution in [2.24, 2.45) is 0 Å². The van der Waals surface area contributed by atoms with Gasteiger partial charge in [0.25, 0.3) is 5.91 Å². The minimum Gasteiger partial charge on any atom is -0.482 e. The molecular formula is C17H20N2O5. The Morgan fingerprint density at radius 1 is 1.25 bits per heavy atom. The maximum Gasteiger partial charge on any atom is 0.341 e. The van der Waals surface area contributed by atoms with E-state index in [4.69, 9.17) is 14.4 Å². The fourth-order valence-electron chi connectivity index (χ4n) is 1.93. The number of carboxylic acid groups (broad SMARTS) is 1. The highest BCUT2D eigenvalue weighted by Crippen LogP contribution is 2.24. The molecule has 0 unspecified atom stereocenters. The van der Waals surface area contributed by atoms with Crippen LogP contribution in [0.3, 0.4) is 0 Å². The molecular weight excluding hydrogens is 312 g/mol. The van der Waals surface area contributed by atoms with Crippen molar-refractivity contribution in [2.75, 3.05) is 18.6 Å². The van der Waals surface area contributed by atoms with Crippen LogP contribution in [0.15, 0.2) is 34.9 Å². The average molecular weight is 332 g/mol. The molecule has 1 aromatic heterocycles. The fourth-order valence-corrected chi connectivity index (χ4v) is 1.93. The van der Waals surface area contributed by atoms with Gasteiger partial charge in [-0.1, -0.05) is 25.9 Å². The Morgan fingerprint density at radius 3 is 2.38 bits per heavy atom. The third kappa shape index (κ3) is 4.13. The Kier molecular flexibility index (Phi) is 4.92. The zero-order chi connectivity index (χ0) is 17.9. The average Bonchev–Trinajstić information content (AvgIpc) is 3.02. The van der Waals surface area contributed by atoms with Crippen molar-refractivity contribution in [1.82, 2.24) is 5.16 Å². The minimum absolute atomic E-state index is 0.229. The lowest BCUT2D eigenvalue weighted by Crippen LogP contribution is -2.26. The SMILES string of the molecule is CN(C(=O)c1cc(C(C)(C)C)on1)c1ccc(OCC(=O)O)cc1. The number of carboxylic acids is 1. The van der Waals surface area contributed by atoms with E-state index in [-0.39, 0.29) is 17.0 Å².